The number of aryl methyl sites for hydroxylation is 1. The number of pyridine rings is 1. The number of hydrogen-bond donors (Lipinski definition) is 2. The van der Waals surface area contributed by atoms with Gasteiger partial charge in [-0.3, -0.25) is 9.78 Å². The van der Waals surface area contributed by atoms with Gasteiger partial charge in [0.1, 0.15) is 17.8 Å². The predicted octanol–water partition coefficient (Wildman–Crippen LogP) is 2.94. The van der Waals surface area contributed by atoms with Crippen molar-refractivity contribution < 1.29 is 4.79 Å². The Morgan fingerprint density at radius 3 is 2.50 bits per heavy atom. The number of nitrogen functional groups attached to an aromatic ring is 1. The first-order valence-electron chi connectivity index (χ1n) is 9.62. The second-order valence-electron chi connectivity index (χ2n) is 7.81. The minimum Gasteiger partial charge on any atom is -0.383 e. The van der Waals surface area contributed by atoms with E-state index >= 15 is 0 Å². The molecule has 1 aromatic carbocycles. The van der Waals surface area contributed by atoms with Gasteiger partial charge in [-0.25, -0.2) is 14.6 Å². The third-order valence-corrected chi connectivity index (χ3v) is 5.02. The van der Waals surface area contributed by atoms with Gasteiger partial charge in [-0.15, -0.1) is 0 Å². The third-order valence-electron chi connectivity index (χ3n) is 5.02. The Morgan fingerprint density at radius 2 is 1.80 bits per heavy atom. The van der Waals surface area contributed by atoms with Gasteiger partial charge in [0, 0.05) is 30.1 Å². The van der Waals surface area contributed by atoms with E-state index in [-0.39, 0.29) is 5.91 Å². The summed E-state index contributed by atoms with van der Waals surface area (Å²) >= 11 is 0. The average molecular weight is 401 g/mol. The summed E-state index contributed by atoms with van der Waals surface area (Å²) in [6.45, 7) is 6.36. The zero-order valence-corrected chi connectivity index (χ0v) is 17.1. The molecule has 8 heteroatoms. The molecule has 0 bridgehead atoms. The maximum absolute atomic E-state index is 12.5. The maximum Gasteiger partial charge on any atom is 0.251 e. The molecule has 0 atom stereocenters. The minimum atomic E-state index is -0.565. The molecule has 3 heterocycles. The Morgan fingerprint density at radius 1 is 1.10 bits per heavy atom. The minimum absolute atomic E-state index is 0.171. The lowest BCUT2D eigenvalue weighted by molar-refractivity contribution is 0.0936. The number of anilines is 1. The van der Waals surface area contributed by atoms with Crippen molar-refractivity contribution in [3.05, 3.63) is 66.2 Å². The van der Waals surface area contributed by atoms with E-state index < -0.39 is 5.54 Å². The Bertz CT molecular complexity index is 1200. The molecule has 0 saturated heterocycles. The molecule has 0 fully saturated rings. The van der Waals surface area contributed by atoms with Gasteiger partial charge >= 0.3 is 0 Å². The molecular formula is C22H23N7O. The highest BCUT2D eigenvalue weighted by molar-refractivity contribution is 5.98. The number of carbonyl (C=O) groups excluding carboxylic acids is 1. The molecule has 0 unspecified atom stereocenters. The number of nitrogens with zero attached hydrogens (tertiary/aromatic N) is 5. The molecule has 4 aromatic rings. The van der Waals surface area contributed by atoms with Crippen molar-refractivity contribution in [3.63, 3.8) is 0 Å². The van der Waals surface area contributed by atoms with Gasteiger partial charge in [0.15, 0.2) is 5.65 Å². The van der Waals surface area contributed by atoms with Crippen LogP contribution in [0.4, 0.5) is 5.82 Å². The molecule has 4 rings (SSSR count). The SMILES string of the molecule is Cc1ccc(-c2nn(C(C)(C)CNC(=O)c3ccncc3)c3ncnc(N)c23)cc1. The summed E-state index contributed by atoms with van der Waals surface area (Å²) < 4.78 is 1.81. The Kier molecular flexibility index (Phi) is 4.91. The number of fused-ring (bicyclic) bond motifs is 1. The molecule has 3 N–H and O–H groups in total. The standard InChI is InChI=1S/C22H23N7O/c1-14-4-6-15(7-5-14)18-17-19(23)26-13-27-20(17)29(28-18)22(2,3)12-25-21(30)16-8-10-24-11-9-16/h4-11,13H,12H2,1-3H3,(H,25,30)(H2,23,26,27). The van der Waals surface area contributed by atoms with Crippen molar-refractivity contribution in [3.8, 4) is 11.3 Å². The number of rotatable bonds is 5. The highest BCUT2D eigenvalue weighted by atomic mass is 16.1. The van der Waals surface area contributed by atoms with Crippen LogP contribution in [-0.2, 0) is 5.54 Å². The van der Waals surface area contributed by atoms with Crippen molar-refractivity contribution in [1.82, 2.24) is 30.0 Å². The van der Waals surface area contributed by atoms with Gasteiger partial charge in [0.25, 0.3) is 5.91 Å². The van der Waals surface area contributed by atoms with E-state index in [2.05, 4.69) is 20.3 Å². The molecule has 0 aliphatic carbocycles. The molecular weight excluding hydrogens is 378 g/mol. The second-order valence-corrected chi connectivity index (χ2v) is 7.81. The Labute approximate surface area is 174 Å². The Balaban J connectivity index is 1.72. The largest absolute Gasteiger partial charge is 0.383 e. The summed E-state index contributed by atoms with van der Waals surface area (Å²) in [6.07, 6.45) is 4.61. The van der Waals surface area contributed by atoms with E-state index in [1.165, 1.54) is 6.33 Å². The van der Waals surface area contributed by atoms with Gasteiger partial charge in [-0.1, -0.05) is 29.8 Å². The van der Waals surface area contributed by atoms with E-state index in [0.29, 0.717) is 29.0 Å². The van der Waals surface area contributed by atoms with Crippen LogP contribution in [0.15, 0.2) is 55.1 Å². The fourth-order valence-corrected chi connectivity index (χ4v) is 3.29. The summed E-state index contributed by atoms with van der Waals surface area (Å²) in [5.74, 6) is 0.202. The van der Waals surface area contributed by atoms with E-state index in [0.717, 1.165) is 16.8 Å². The van der Waals surface area contributed by atoms with Crippen molar-refractivity contribution >= 4 is 22.8 Å². The second kappa shape index (κ2) is 7.55. The highest BCUT2D eigenvalue weighted by Crippen LogP contribution is 2.33. The van der Waals surface area contributed by atoms with Gasteiger partial charge in [-0.05, 0) is 32.9 Å². The highest BCUT2D eigenvalue weighted by Gasteiger charge is 2.28. The summed E-state index contributed by atoms with van der Waals surface area (Å²) in [7, 11) is 0. The predicted molar refractivity (Wildman–Crippen MR) is 116 cm³/mol. The van der Waals surface area contributed by atoms with Crippen LogP contribution in [0, 0.1) is 6.92 Å². The zero-order valence-electron chi connectivity index (χ0n) is 17.1. The van der Waals surface area contributed by atoms with Crippen LogP contribution in [-0.4, -0.2) is 37.2 Å². The van der Waals surface area contributed by atoms with E-state index in [1.807, 2.05) is 49.7 Å². The van der Waals surface area contributed by atoms with Crippen LogP contribution in [0.1, 0.15) is 29.8 Å². The van der Waals surface area contributed by atoms with Crippen LogP contribution in [0.3, 0.4) is 0 Å². The zero-order chi connectivity index (χ0) is 21.3. The number of nitrogens with two attached hydrogens (primary N) is 1. The molecule has 152 valence electrons. The monoisotopic (exact) mass is 401 g/mol. The van der Waals surface area contributed by atoms with Crippen LogP contribution in [0.25, 0.3) is 22.3 Å². The molecule has 0 radical (unpaired) electrons. The lowest BCUT2D eigenvalue weighted by Crippen LogP contribution is -2.41. The smallest absolute Gasteiger partial charge is 0.251 e. The lowest BCUT2D eigenvalue weighted by Gasteiger charge is -2.26. The molecule has 0 spiro atoms. The summed E-state index contributed by atoms with van der Waals surface area (Å²) in [6, 6.07) is 11.4. The molecule has 0 saturated carbocycles. The molecule has 8 nitrogen and oxygen atoms in total. The number of hydrogen-bond acceptors (Lipinski definition) is 6. The first-order valence-corrected chi connectivity index (χ1v) is 9.62. The summed E-state index contributed by atoms with van der Waals surface area (Å²) in [5, 5.41) is 8.52. The van der Waals surface area contributed by atoms with Crippen LogP contribution in [0.2, 0.25) is 0 Å². The maximum atomic E-state index is 12.5. The summed E-state index contributed by atoms with van der Waals surface area (Å²) in [4.78, 5) is 25.0. The van der Waals surface area contributed by atoms with Crippen molar-refractivity contribution in [2.75, 3.05) is 12.3 Å². The molecule has 0 aliphatic rings. The Hall–Kier alpha value is -3.81. The van der Waals surface area contributed by atoms with Crippen molar-refractivity contribution in [2.45, 2.75) is 26.3 Å². The first kappa shape index (κ1) is 19.5. The van der Waals surface area contributed by atoms with Crippen LogP contribution < -0.4 is 11.1 Å². The normalized spacial score (nSPS) is 11.6. The van der Waals surface area contributed by atoms with E-state index in [1.54, 1.807) is 24.5 Å². The number of aromatic nitrogens is 5. The molecule has 30 heavy (non-hydrogen) atoms. The molecule has 3 aromatic heterocycles. The number of nitrogens with one attached hydrogen (secondary N) is 1. The summed E-state index contributed by atoms with van der Waals surface area (Å²) in [5.41, 5.74) is 9.62. The lowest BCUT2D eigenvalue weighted by atomic mass is 10.1. The number of carbonyl (C=O) groups is 1. The van der Waals surface area contributed by atoms with E-state index in [4.69, 9.17) is 10.8 Å². The van der Waals surface area contributed by atoms with Gasteiger partial charge in [0.2, 0.25) is 0 Å². The van der Waals surface area contributed by atoms with Gasteiger partial charge in [-0.2, -0.15) is 5.10 Å². The topological polar surface area (TPSA) is 112 Å². The average Bonchev–Trinajstić information content (AvgIpc) is 3.15. The fourth-order valence-electron chi connectivity index (χ4n) is 3.29. The quantitative estimate of drug-likeness (QED) is 0.532. The number of benzene rings is 1. The third kappa shape index (κ3) is 3.59. The van der Waals surface area contributed by atoms with Crippen molar-refractivity contribution in [2.24, 2.45) is 0 Å². The van der Waals surface area contributed by atoms with Crippen LogP contribution in [0.5, 0.6) is 0 Å². The van der Waals surface area contributed by atoms with Crippen LogP contribution >= 0.6 is 0 Å². The van der Waals surface area contributed by atoms with Crippen molar-refractivity contribution in [1.29, 1.82) is 0 Å². The molecule has 0 aliphatic heterocycles. The first-order chi connectivity index (χ1) is 14.4. The molecule has 1 amide bonds. The van der Waals surface area contributed by atoms with Gasteiger partial charge < -0.3 is 11.1 Å². The van der Waals surface area contributed by atoms with Gasteiger partial charge in [0.05, 0.1) is 10.9 Å². The number of amides is 1. The fraction of sp³-hybridized carbons (Fsp3) is 0.227. The van der Waals surface area contributed by atoms with E-state index in [9.17, 15) is 4.79 Å².